The second-order valence-corrected chi connectivity index (χ2v) is 3.83. The molecule has 1 N–H and O–H groups in total. The molecule has 0 amide bonds. The van der Waals surface area contributed by atoms with Crippen LogP contribution in [0.3, 0.4) is 0 Å². The van der Waals surface area contributed by atoms with Crippen LogP contribution in [0.15, 0.2) is 16.9 Å². The largest absolute Gasteiger partial charge is 0.481 e. The van der Waals surface area contributed by atoms with Crippen molar-refractivity contribution in [2.75, 3.05) is 0 Å². The Kier molecular flexibility index (Phi) is 2.27. The molecule has 0 unspecified atom stereocenters. The lowest BCUT2D eigenvalue weighted by atomic mass is 9.72. The fraction of sp³-hybridized carbons (Fsp3) is 0.600. The van der Waals surface area contributed by atoms with Crippen molar-refractivity contribution in [2.24, 2.45) is 0 Å². The number of carboxylic acids is 1. The smallest absolute Gasteiger partial charge is 0.315 e. The van der Waals surface area contributed by atoms with Crippen molar-refractivity contribution in [1.29, 1.82) is 0 Å². The first-order valence-electron chi connectivity index (χ1n) is 4.90. The van der Waals surface area contributed by atoms with Gasteiger partial charge in [-0.15, -0.1) is 0 Å². The van der Waals surface area contributed by atoms with E-state index in [0.717, 1.165) is 19.3 Å². The Balaban J connectivity index is 2.35. The van der Waals surface area contributed by atoms with Crippen LogP contribution in [0.1, 0.15) is 37.8 Å². The topological polar surface area (TPSA) is 63.3 Å². The molecule has 76 valence electrons. The van der Waals surface area contributed by atoms with Crippen LogP contribution in [0, 0.1) is 0 Å². The van der Waals surface area contributed by atoms with Crippen molar-refractivity contribution < 1.29 is 14.4 Å². The molecular formula is C10H13NO3. The van der Waals surface area contributed by atoms with E-state index in [2.05, 4.69) is 5.16 Å². The second-order valence-electron chi connectivity index (χ2n) is 3.83. The molecule has 4 nitrogen and oxygen atoms in total. The van der Waals surface area contributed by atoms with Gasteiger partial charge in [-0.3, -0.25) is 4.79 Å². The van der Waals surface area contributed by atoms with Gasteiger partial charge in [-0.2, -0.15) is 0 Å². The normalized spacial score (nSPS) is 20.6. The zero-order valence-corrected chi connectivity index (χ0v) is 7.90. The lowest BCUT2D eigenvalue weighted by molar-refractivity contribution is -0.145. The van der Waals surface area contributed by atoms with E-state index in [-0.39, 0.29) is 0 Å². The molecule has 1 aliphatic carbocycles. The van der Waals surface area contributed by atoms with E-state index in [1.807, 2.05) is 0 Å². The number of hydrogen-bond donors (Lipinski definition) is 1. The molecule has 0 spiro atoms. The summed E-state index contributed by atoms with van der Waals surface area (Å²) >= 11 is 0. The van der Waals surface area contributed by atoms with Crippen molar-refractivity contribution >= 4 is 5.97 Å². The zero-order valence-electron chi connectivity index (χ0n) is 7.90. The molecule has 2 rings (SSSR count). The van der Waals surface area contributed by atoms with Gasteiger partial charge in [0.1, 0.15) is 17.4 Å². The monoisotopic (exact) mass is 195 g/mol. The number of aliphatic carboxylic acids is 1. The molecule has 1 fully saturated rings. The number of rotatable bonds is 2. The van der Waals surface area contributed by atoms with Crippen molar-refractivity contribution in [3.63, 3.8) is 0 Å². The maximum absolute atomic E-state index is 11.3. The van der Waals surface area contributed by atoms with E-state index in [9.17, 15) is 9.90 Å². The van der Waals surface area contributed by atoms with E-state index in [1.165, 1.54) is 6.26 Å². The van der Waals surface area contributed by atoms with Crippen LogP contribution >= 0.6 is 0 Å². The van der Waals surface area contributed by atoms with E-state index in [0.29, 0.717) is 18.5 Å². The summed E-state index contributed by atoms with van der Waals surface area (Å²) in [6.45, 7) is 0. The Labute approximate surface area is 81.9 Å². The number of nitrogens with zero attached hydrogens (tertiary/aromatic N) is 1. The fourth-order valence-electron chi connectivity index (χ4n) is 2.19. The molecule has 1 heterocycles. The SMILES string of the molecule is O=C(O)C1(c2ccon2)CCCCC1. The van der Waals surface area contributed by atoms with Gasteiger partial charge in [0.05, 0.1) is 0 Å². The molecule has 0 atom stereocenters. The number of aromatic nitrogens is 1. The Hall–Kier alpha value is -1.32. The van der Waals surface area contributed by atoms with Crippen molar-refractivity contribution in [1.82, 2.24) is 5.16 Å². The number of hydrogen-bond acceptors (Lipinski definition) is 3. The van der Waals surface area contributed by atoms with Gasteiger partial charge >= 0.3 is 5.97 Å². The fourth-order valence-corrected chi connectivity index (χ4v) is 2.19. The van der Waals surface area contributed by atoms with Crippen molar-refractivity contribution in [2.45, 2.75) is 37.5 Å². The van der Waals surface area contributed by atoms with Gasteiger partial charge in [0.15, 0.2) is 0 Å². The van der Waals surface area contributed by atoms with Gasteiger partial charge in [0.2, 0.25) is 0 Å². The summed E-state index contributed by atoms with van der Waals surface area (Å²) in [5.74, 6) is -0.772. The average Bonchev–Trinajstić information content (AvgIpc) is 2.72. The standard InChI is InChI=1S/C10H13NO3/c12-9(13)10(5-2-1-3-6-10)8-4-7-14-11-8/h4,7H,1-3,5-6H2,(H,12,13). The van der Waals surface area contributed by atoms with E-state index in [4.69, 9.17) is 4.52 Å². The average molecular weight is 195 g/mol. The molecule has 4 heteroatoms. The summed E-state index contributed by atoms with van der Waals surface area (Å²) in [6, 6.07) is 1.67. The summed E-state index contributed by atoms with van der Waals surface area (Å²) in [5, 5.41) is 13.1. The Morgan fingerprint density at radius 2 is 2.14 bits per heavy atom. The molecule has 14 heavy (non-hydrogen) atoms. The number of carboxylic acid groups (broad SMARTS) is 1. The van der Waals surface area contributed by atoms with Crippen molar-refractivity contribution in [3.05, 3.63) is 18.0 Å². The van der Waals surface area contributed by atoms with E-state index in [1.54, 1.807) is 6.07 Å². The van der Waals surface area contributed by atoms with Gasteiger partial charge in [-0.05, 0) is 12.8 Å². The third-order valence-electron chi connectivity index (χ3n) is 3.04. The summed E-state index contributed by atoms with van der Waals surface area (Å²) in [7, 11) is 0. The minimum Gasteiger partial charge on any atom is -0.481 e. The van der Waals surface area contributed by atoms with E-state index < -0.39 is 11.4 Å². The van der Waals surface area contributed by atoms with Crippen LogP contribution in [0.2, 0.25) is 0 Å². The highest BCUT2D eigenvalue weighted by atomic mass is 16.5. The first kappa shape index (κ1) is 9.24. The summed E-state index contributed by atoms with van der Waals surface area (Å²) in [4.78, 5) is 11.3. The predicted molar refractivity (Wildman–Crippen MR) is 48.9 cm³/mol. The van der Waals surface area contributed by atoms with Gasteiger partial charge in [0.25, 0.3) is 0 Å². The van der Waals surface area contributed by atoms with Crippen LogP contribution in [0.4, 0.5) is 0 Å². The molecule has 1 saturated carbocycles. The van der Waals surface area contributed by atoms with Gasteiger partial charge in [-0.1, -0.05) is 24.4 Å². The zero-order chi connectivity index (χ0) is 10.0. The minimum absolute atomic E-state index is 0.574. The molecule has 1 aliphatic rings. The Morgan fingerprint density at radius 3 is 2.64 bits per heavy atom. The molecule has 1 aromatic rings. The van der Waals surface area contributed by atoms with Crippen LogP contribution < -0.4 is 0 Å². The summed E-state index contributed by atoms with van der Waals surface area (Å²) in [5.41, 5.74) is -0.213. The molecule has 0 bridgehead atoms. The third kappa shape index (κ3) is 1.31. The second kappa shape index (κ2) is 3.44. The number of carbonyl (C=O) groups is 1. The minimum atomic E-state index is -0.786. The van der Waals surface area contributed by atoms with Gasteiger partial charge in [-0.25, -0.2) is 0 Å². The van der Waals surface area contributed by atoms with Crippen LogP contribution in [-0.4, -0.2) is 16.2 Å². The molecular weight excluding hydrogens is 182 g/mol. The lowest BCUT2D eigenvalue weighted by Crippen LogP contribution is -2.38. The molecule has 0 aliphatic heterocycles. The predicted octanol–water partition coefficient (Wildman–Crippen LogP) is 1.96. The van der Waals surface area contributed by atoms with E-state index >= 15 is 0 Å². The van der Waals surface area contributed by atoms with Gasteiger partial charge < -0.3 is 9.63 Å². The highest BCUT2D eigenvalue weighted by molar-refractivity contribution is 5.80. The third-order valence-corrected chi connectivity index (χ3v) is 3.04. The van der Waals surface area contributed by atoms with Crippen LogP contribution in [0.25, 0.3) is 0 Å². The molecule has 0 saturated heterocycles. The lowest BCUT2D eigenvalue weighted by Gasteiger charge is -2.30. The quantitative estimate of drug-likeness (QED) is 0.783. The Bertz CT molecular complexity index is 312. The first-order chi connectivity index (χ1) is 6.76. The van der Waals surface area contributed by atoms with Crippen LogP contribution in [0.5, 0.6) is 0 Å². The molecule has 1 aromatic heterocycles. The highest BCUT2D eigenvalue weighted by Crippen LogP contribution is 2.38. The highest BCUT2D eigenvalue weighted by Gasteiger charge is 2.43. The maximum atomic E-state index is 11.3. The van der Waals surface area contributed by atoms with Crippen LogP contribution in [-0.2, 0) is 10.2 Å². The van der Waals surface area contributed by atoms with Gasteiger partial charge in [0, 0.05) is 6.07 Å². The summed E-state index contributed by atoms with van der Waals surface area (Å²) < 4.78 is 4.73. The maximum Gasteiger partial charge on any atom is 0.315 e. The first-order valence-corrected chi connectivity index (χ1v) is 4.90. The molecule has 0 aromatic carbocycles. The molecule has 0 radical (unpaired) electrons. The summed E-state index contributed by atoms with van der Waals surface area (Å²) in [6.07, 6.45) is 5.82. The Morgan fingerprint density at radius 1 is 1.43 bits per heavy atom. The van der Waals surface area contributed by atoms with Crippen molar-refractivity contribution in [3.8, 4) is 0 Å².